The van der Waals surface area contributed by atoms with Crippen LogP contribution < -0.4 is 10.6 Å². The Labute approximate surface area is 146 Å². The lowest BCUT2D eigenvalue weighted by Crippen LogP contribution is -2.59. The lowest BCUT2D eigenvalue weighted by atomic mass is 9.79. The van der Waals surface area contributed by atoms with E-state index in [9.17, 15) is 4.79 Å². The quantitative estimate of drug-likeness (QED) is 0.796. The van der Waals surface area contributed by atoms with Crippen molar-refractivity contribution in [2.24, 2.45) is 0 Å². The molecule has 3 fully saturated rings. The summed E-state index contributed by atoms with van der Waals surface area (Å²) in [5, 5.41) is 6.67. The van der Waals surface area contributed by atoms with Crippen LogP contribution in [0.4, 0.5) is 0 Å². The van der Waals surface area contributed by atoms with Gasteiger partial charge in [-0.2, -0.15) is 0 Å². The Balaban J connectivity index is 0.00000192. The summed E-state index contributed by atoms with van der Waals surface area (Å²) in [4.78, 5) is 14.9. The molecule has 0 radical (unpaired) electrons. The van der Waals surface area contributed by atoms with Crippen LogP contribution in [0, 0.1) is 0 Å². The van der Waals surface area contributed by atoms with Gasteiger partial charge in [-0.3, -0.25) is 9.69 Å². The fraction of sp³-hybridized carbons (Fsp3) is 0.941. The third-order valence-electron chi connectivity index (χ3n) is 5.67. The number of carbonyl (C=O) groups excluding carboxylic acids is 1. The van der Waals surface area contributed by atoms with E-state index in [1.807, 2.05) is 0 Å². The number of ether oxygens (including phenoxy) is 1. The molecule has 1 amide bonds. The van der Waals surface area contributed by atoms with E-state index in [2.05, 4.69) is 15.5 Å². The first-order valence-electron chi connectivity index (χ1n) is 9.11. The van der Waals surface area contributed by atoms with Gasteiger partial charge in [0.15, 0.2) is 0 Å². The summed E-state index contributed by atoms with van der Waals surface area (Å²) in [6, 6.07) is 0.394. The molecule has 0 spiro atoms. The van der Waals surface area contributed by atoms with Gasteiger partial charge in [-0.05, 0) is 32.2 Å². The summed E-state index contributed by atoms with van der Waals surface area (Å²) < 4.78 is 5.51. The lowest BCUT2D eigenvalue weighted by Gasteiger charge is -2.48. The number of hydrogen-bond acceptors (Lipinski definition) is 4. The number of hydrogen-bond donors (Lipinski definition) is 2. The SMILES string of the molecule is Cl.O=C(CC1CCCN1)NCC1(N2CCOCC2)CCCCC1. The fourth-order valence-corrected chi connectivity index (χ4v) is 4.34. The molecule has 2 N–H and O–H groups in total. The Bertz CT molecular complexity index is 363. The predicted molar refractivity (Wildman–Crippen MR) is 94.1 cm³/mol. The zero-order valence-corrected chi connectivity index (χ0v) is 15.0. The summed E-state index contributed by atoms with van der Waals surface area (Å²) in [6.45, 7) is 5.58. The summed E-state index contributed by atoms with van der Waals surface area (Å²) in [5.74, 6) is 0.220. The first kappa shape index (κ1) is 19.0. The highest BCUT2D eigenvalue weighted by molar-refractivity contribution is 5.85. The smallest absolute Gasteiger partial charge is 0.221 e. The zero-order valence-electron chi connectivity index (χ0n) is 14.1. The van der Waals surface area contributed by atoms with Gasteiger partial charge in [0.1, 0.15) is 0 Å². The van der Waals surface area contributed by atoms with Gasteiger partial charge in [-0.1, -0.05) is 19.3 Å². The number of morpholine rings is 1. The van der Waals surface area contributed by atoms with Crippen LogP contribution in [0.5, 0.6) is 0 Å². The molecule has 134 valence electrons. The molecular formula is C17H32ClN3O2. The second kappa shape index (κ2) is 9.21. The maximum absolute atomic E-state index is 12.3. The molecule has 1 unspecified atom stereocenters. The molecule has 2 heterocycles. The average Bonchev–Trinajstić information content (AvgIpc) is 3.08. The lowest BCUT2D eigenvalue weighted by molar-refractivity contribution is -0.122. The minimum Gasteiger partial charge on any atom is -0.379 e. The number of nitrogens with one attached hydrogen (secondary N) is 2. The normalized spacial score (nSPS) is 28.1. The molecule has 23 heavy (non-hydrogen) atoms. The molecule has 1 aliphatic carbocycles. The van der Waals surface area contributed by atoms with Crippen LogP contribution in [-0.4, -0.2) is 61.8 Å². The number of halogens is 1. The fourth-order valence-electron chi connectivity index (χ4n) is 4.34. The average molecular weight is 346 g/mol. The minimum atomic E-state index is 0. The van der Waals surface area contributed by atoms with Crippen molar-refractivity contribution in [3.8, 4) is 0 Å². The van der Waals surface area contributed by atoms with Crippen molar-refractivity contribution in [2.75, 3.05) is 39.4 Å². The minimum absolute atomic E-state index is 0. The Hall–Kier alpha value is -0.360. The molecule has 6 heteroatoms. The second-order valence-electron chi connectivity index (χ2n) is 7.16. The topological polar surface area (TPSA) is 53.6 Å². The molecule has 3 aliphatic rings. The Morgan fingerprint density at radius 2 is 1.91 bits per heavy atom. The predicted octanol–water partition coefficient (Wildman–Crippen LogP) is 1.70. The second-order valence-corrected chi connectivity index (χ2v) is 7.16. The molecule has 5 nitrogen and oxygen atoms in total. The van der Waals surface area contributed by atoms with Crippen molar-refractivity contribution < 1.29 is 9.53 Å². The largest absolute Gasteiger partial charge is 0.379 e. The highest BCUT2D eigenvalue weighted by Gasteiger charge is 2.38. The summed E-state index contributed by atoms with van der Waals surface area (Å²) in [5.41, 5.74) is 0.181. The zero-order chi connectivity index (χ0) is 15.3. The first-order chi connectivity index (χ1) is 10.8. The monoisotopic (exact) mass is 345 g/mol. The van der Waals surface area contributed by atoms with E-state index in [1.54, 1.807) is 0 Å². The molecule has 0 bridgehead atoms. The Morgan fingerprint density at radius 1 is 1.17 bits per heavy atom. The molecule has 2 saturated heterocycles. The molecule has 2 aliphatic heterocycles. The van der Waals surface area contributed by atoms with E-state index in [0.717, 1.165) is 45.8 Å². The van der Waals surface area contributed by atoms with E-state index < -0.39 is 0 Å². The maximum Gasteiger partial charge on any atom is 0.221 e. The van der Waals surface area contributed by atoms with Crippen LogP contribution in [0.15, 0.2) is 0 Å². The molecular weight excluding hydrogens is 314 g/mol. The van der Waals surface area contributed by atoms with Gasteiger partial charge in [0.2, 0.25) is 5.91 Å². The summed E-state index contributed by atoms with van der Waals surface area (Å²) in [6.07, 6.45) is 9.33. The van der Waals surface area contributed by atoms with Gasteiger partial charge in [-0.25, -0.2) is 0 Å². The Kier molecular flexibility index (Phi) is 7.60. The van der Waals surface area contributed by atoms with E-state index in [1.165, 1.54) is 38.5 Å². The van der Waals surface area contributed by atoms with E-state index in [4.69, 9.17) is 4.74 Å². The van der Waals surface area contributed by atoms with Crippen LogP contribution in [0.25, 0.3) is 0 Å². The van der Waals surface area contributed by atoms with Crippen LogP contribution in [0.1, 0.15) is 51.4 Å². The van der Waals surface area contributed by atoms with Gasteiger partial charge < -0.3 is 15.4 Å². The first-order valence-corrected chi connectivity index (χ1v) is 9.11. The molecule has 1 saturated carbocycles. The van der Waals surface area contributed by atoms with Crippen LogP contribution in [0.2, 0.25) is 0 Å². The number of rotatable bonds is 5. The highest BCUT2D eigenvalue weighted by atomic mass is 35.5. The van der Waals surface area contributed by atoms with Crippen molar-refractivity contribution in [3.63, 3.8) is 0 Å². The summed E-state index contributed by atoms with van der Waals surface area (Å²) >= 11 is 0. The van der Waals surface area contributed by atoms with Crippen LogP contribution >= 0.6 is 12.4 Å². The van der Waals surface area contributed by atoms with E-state index in [0.29, 0.717) is 12.5 Å². The van der Waals surface area contributed by atoms with Crippen molar-refractivity contribution in [1.82, 2.24) is 15.5 Å². The van der Waals surface area contributed by atoms with Crippen molar-refractivity contribution >= 4 is 18.3 Å². The molecule has 0 aromatic carbocycles. The number of amides is 1. The summed E-state index contributed by atoms with van der Waals surface area (Å²) in [7, 11) is 0. The molecule has 0 aromatic heterocycles. The molecule has 0 aromatic rings. The number of nitrogens with zero attached hydrogens (tertiary/aromatic N) is 1. The van der Waals surface area contributed by atoms with E-state index >= 15 is 0 Å². The van der Waals surface area contributed by atoms with Crippen molar-refractivity contribution in [3.05, 3.63) is 0 Å². The number of carbonyl (C=O) groups is 1. The van der Waals surface area contributed by atoms with Gasteiger partial charge >= 0.3 is 0 Å². The maximum atomic E-state index is 12.3. The third kappa shape index (κ3) is 5.05. The molecule has 1 atom stereocenters. The standard InChI is InChI=1S/C17H31N3O2.ClH/c21-16(13-15-5-4-8-18-15)19-14-17(6-2-1-3-7-17)20-9-11-22-12-10-20;/h15,18H,1-14H2,(H,19,21);1H. The van der Waals surface area contributed by atoms with Gasteiger partial charge in [0, 0.05) is 37.6 Å². The highest BCUT2D eigenvalue weighted by Crippen LogP contribution is 2.33. The molecule has 3 rings (SSSR count). The third-order valence-corrected chi connectivity index (χ3v) is 5.67. The van der Waals surface area contributed by atoms with Gasteiger partial charge in [-0.15, -0.1) is 12.4 Å². The van der Waals surface area contributed by atoms with Crippen LogP contribution in [0.3, 0.4) is 0 Å². The van der Waals surface area contributed by atoms with E-state index in [-0.39, 0.29) is 23.9 Å². The van der Waals surface area contributed by atoms with Crippen molar-refractivity contribution in [1.29, 1.82) is 0 Å². The van der Waals surface area contributed by atoms with Crippen LogP contribution in [-0.2, 0) is 9.53 Å². The van der Waals surface area contributed by atoms with Gasteiger partial charge in [0.25, 0.3) is 0 Å². The van der Waals surface area contributed by atoms with Gasteiger partial charge in [0.05, 0.1) is 13.2 Å². The Morgan fingerprint density at radius 3 is 2.57 bits per heavy atom. The van der Waals surface area contributed by atoms with Crippen molar-refractivity contribution in [2.45, 2.75) is 62.9 Å².